The van der Waals surface area contributed by atoms with Crippen LogP contribution in [-0.4, -0.2) is 42.5 Å². The number of methoxy groups -OCH3 is 1. The molecule has 0 bridgehead atoms. The highest BCUT2D eigenvalue weighted by Gasteiger charge is 2.08. The van der Waals surface area contributed by atoms with Crippen LogP contribution < -0.4 is 5.32 Å². The van der Waals surface area contributed by atoms with Gasteiger partial charge in [0.1, 0.15) is 0 Å². The maximum absolute atomic E-state index is 11.6. The van der Waals surface area contributed by atoms with Crippen LogP contribution in [0.3, 0.4) is 0 Å². The third-order valence-electron chi connectivity index (χ3n) is 2.26. The molecule has 5 heteroatoms. The summed E-state index contributed by atoms with van der Waals surface area (Å²) in [5, 5.41) is 20.8. The van der Waals surface area contributed by atoms with Gasteiger partial charge in [-0.05, 0) is 17.7 Å². The Morgan fingerprint density at radius 3 is 2.59 bits per heavy atom. The van der Waals surface area contributed by atoms with E-state index < -0.39 is 6.10 Å². The number of hydrogen-bond acceptors (Lipinski definition) is 4. The minimum absolute atomic E-state index is 0.0472. The molecule has 1 atom stereocenters. The summed E-state index contributed by atoms with van der Waals surface area (Å²) in [6, 6.07) is 6.62. The van der Waals surface area contributed by atoms with Crippen molar-refractivity contribution in [3.05, 3.63) is 35.4 Å². The summed E-state index contributed by atoms with van der Waals surface area (Å²) in [6.45, 7) is 0.284. The molecular formula is C12H17NO4. The third kappa shape index (κ3) is 4.52. The van der Waals surface area contributed by atoms with Crippen LogP contribution in [0.2, 0.25) is 0 Å². The van der Waals surface area contributed by atoms with E-state index >= 15 is 0 Å². The van der Waals surface area contributed by atoms with Crippen molar-refractivity contribution in [3.8, 4) is 0 Å². The van der Waals surface area contributed by atoms with Gasteiger partial charge in [-0.2, -0.15) is 0 Å². The molecule has 0 spiro atoms. The van der Waals surface area contributed by atoms with E-state index in [1.54, 1.807) is 24.3 Å². The van der Waals surface area contributed by atoms with E-state index in [1.807, 2.05) is 0 Å². The van der Waals surface area contributed by atoms with Crippen LogP contribution in [0.4, 0.5) is 0 Å². The van der Waals surface area contributed by atoms with Gasteiger partial charge in [0.2, 0.25) is 0 Å². The molecule has 3 N–H and O–H groups in total. The topological polar surface area (TPSA) is 78.8 Å². The third-order valence-corrected chi connectivity index (χ3v) is 2.26. The van der Waals surface area contributed by atoms with Crippen molar-refractivity contribution >= 4 is 5.91 Å². The molecule has 0 saturated carbocycles. The summed E-state index contributed by atoms with van der Waals surface area (Å²) in [5.41, 5.74) is 1.24. The Kier molecular flexibility index (Phi) is 5.62. The predicted molar refractivity (Wildman–Crippen MR) is 62.6 cm³/mol. The fraction of sp³-hybridized carbons (Fsp3) is 0.417. The first-order valence-electron chi connectivity index (χ1n) is 5.32. The van der Waals surface area contributed by atoms with Gasteiger partial charge in [-0.3, -0.25) is 4.79 Å². The number of benzene rings is 1. The zero-order chi connectivity index (χ0) is 12.7. The molecule has 0 radical (unpaired) electrons. The number of carbonyl (C=O) groups excluding carboxylic acids is 1. The minimum atomic E-state index is -0.708. The molecule has 0 aliphatic heterocycles. The van der Waals surface area contributed by atoms with Crippen molar-refractivity contribution in [3.63, 3.8) is 0 Å². The van der Waals surface area contributed by atoms with Crippen molar-refractivity contribution in [2.75, 3.05) is 20.3 Å². The van der Waals surface area contributed by atoms with Crippen LogP contribution in [0, 0.1) is 0 Å². The van der Waals surface area contributed by atoms with Crippen molar-refractivity contribution in [1.82, 2.24) is 5.32 Å². The van der Waals surface area contributed by atoms with Gasteiger partial charge in [0.15, 0.2) is 0 Å². The molecular weight excluding hydrogens is 222 g/mol. The lowest BCUT2D eigenvalue weighted by atomic mass is 10.1. The lowest BCUT2D eigenvalue weighted by Crippen LogP contribution is -2.34. The molecule has 0 aliphatic carbocycles. The normalized spacial score (nSPS) is 12.2. The molecule has 0 heterocycles. The van der Waals surface area contributed by atoms with Crippen LogP contribution >= 0.6 is 0 Å². The molecule has 1 amide bonds. The molecule has 5 nitrogen and oxygen atoms in total. The lowest BCUT2D eigenvalue weighted by molar-refractivity contribution is 0.0610. The highest BCUT2D eigenvalue weighted by Crippen LogP contribution is 2.04. The quantitative estimate of drug-likeness (QED) is 0.648. The SMILES string of the molecule is COCC(O)CNC(=O)c1ccc(CO)cc1. The Balaban J connectivity index is 2.46. The number of hydrogen-bond donors (Lipinski definition) is 3. The predicted octanol–water partition coefficient (Wildman–Crippen LogP) is -0.0840. The molecule has 1 unspecified atom stereocenters. The molecule has 1 rings (SSSR count). The number of rotatable bonds is 6. The smallest absolute Gasteiger partial charge is 0.251 e. The second-order valence-corrected chi connectivity index (χ2v) is 3.67. The second-order valence-electron chi connectivity index (χ2n) is 3.67. The Morgan fingerprint density at radius 2 is 2.06 bits per heavy atom. The second kappa shape index (κ2) is 7.01. The van der Waals surface area contributed by atoms with Gasteiger partial charge in [0.25, 0.3) is 5.91 Å². The van der Waals surface area contributed by atoms with E-state index in [-0.39, 0.29) is 25.7 Å². The molecule has 0 saturated heterocycles. The number of carbonyl (C=O) groups is 1. The van der Waals surface area contributed by atoms with E-state index in [9.17, 15) is 9.90 Å². The summed E-state index contributed by atoms with van der Waals surface area (Å²) >= 11 is 0. The molecule has 1 aromatic carbocycles. The summed E-state index contributed by atoms with van der Waals surface area (Å²) < 4.78 is 4.74. The standard InChI is InChI=1S/C12H17NO4/c1-17-8-11(15)6-13-12(16)10-4-2-9(7-14)3-5-10/h2-5,11,14-15H,6-8H2,1H3,(H,13,16). The van der Waals surface area contributed by atoms with Gasteiger partial charge in [-0.15, -0.1) is 0 Å². The van der Waals surface area contributed by atoms with Crippen LogP contribution in [0.5, 0.6) is 0 Å². The largest absolute Gasteiger partial charge is 0.392 e. The highest BCUT2D eigenvalue weighted by molar-refractivity contribution is 5.94. The molecule has 0 aromatic heterocycles. The zero-order valence-corrected chi connectivity index (χ0v) is 9.72. The van der Waals surface area contributed by atoms with Crippen molar-refractivity contribution in [1.29, 1.82) is 0 Å². The van der Waals surface area contributed by atoms with Crippen LogP contribution in [0.1, 0.15) is 15.9 Å². The van der Waals surface area contributed by atoms with Crippen LogP contribution in [-0.2, 0) is 11.3 Å². The van der Waals surface area contributed by atoms with Gasteiger partial charge >= 0.3 is 0 Å². The van der Waals surface area contributed by atoms with Crippen molar-refractivity contribution in [2.45, 2.75) is 12.7 Å². The van der Waals surface area contributed by atoms with Gasteiger partial charge in [0.05, 0.1) is 19.3 Å². The maximum Gasteiger partial charge on any atom is 0.251 e. The first kappa shape index (κ1) is 13.6. The molecule has 1 aromatic rings. The Labute approximate surface area is 100 Å². The average Bonchev–Trinajstić information content (AvgIpc) is 2.36. The monoisotopic (exact) mass is 239 g/mol. The zero-order valence-electron chi connectivity index (χ0n) is 9.72. The Morgan fingerprint density at radius 1 is 1.41 bits per heavy atom. The number of amides is 1. The minimum Gasteiger partial charge on any atom is -0.392 e. The fourth-order valence-electron chi connectivity index (χ4n) is 1.33. The lowest BCUT2D eigenvalue weighted by Gasteiger charge is -2.10. The first-order chi connectivity index (χ1) is 8.17. The summed E-state index contributed by atoms with van der Waals surface area (Å²) in [5.74, 6) is -0.260. The van der Waals surface area contributed by atoms with E-state index in [4.69, 9.17) is 9.84 Å². The summed E-state index contributed by atoms with van der Waals surface area (Å²) in [7, 11) is 1.48. The average molecular weight is 239 g/mol. The van der Waals surface area contributed by atoms with Crippen molar-refractivity contribution in [2.24, 2.45) is 0 Å². The summed E-state index contributed by atoms with van der Waals surface area (Å²) in [4.78, 5) is 11.6. The van der Waals surface area contributed by atoms with E-state index in [1.165, 1.54) is 7.11 Å². The summed E-state index contributed by atoms with van der Waals surface area (Å²) in [6.07, 6.45) is -0.708. The first-order valence-corrected chi connectivity index (χ1v) is 5.32. The number of ether oxygens (including phenoxy) is 1. The van der Waals surface area contributed by atoms with E-state index in [2.05, 4.69) is 5.32 Å². The number of aliphatic hydroxyl groups excluding tert-OH is 2. The maximum atomic E-state index is 11.6. The molecule has 94 valence electrons. The van der Waals surface area contributed by atoms with Gasteiger partial charge in [0, 0.05) is 19.2 Å². The fourth-order valence-corrected chi connectivity index (χ4v) is 1.33. The van der Waals surface area contributed by atoms with E-state index in [0.717, 1.165) is 5.56 Å². The Bertz CT molecular complexity index is 350. The van der Waals surface area contributed by atoms with Crippen LogP contribution in [0.15, 0.2) is 24.3 Å². The van der Waals surface area contributed by atoms with Gasteiger partial charge < -0.3 is 20.3 Å². The van der Waals surface area contributed by atoms with Gasteiger partial charge in [-0.25, -0.2) is 0 Å². The Hall–Kier alpha value is -1.43. The van der Waals surface area contributed by atoms with Gasteiger partial charge in [-0.1, -0.05) is 12.1 Å². The number of nitrogens with one attached hydrogen (secondary N) is 1. The molecule has 17 heavy (non-hydrogen) atoms. The molecule has 0 aliphatic rings. The number of aliphatic hydroxyl groups is 2. The van der Waals surface area contributed by atoms with Crippen LogP contribution in [0.25, 0.3) is 0 Å². The molecule has 0 fully saturated rings. The van der Waals surface area contributed by atoms with E-state index in [0.29, 0.717) is 5.56 Å². The van der Waals surface area contributed by atoms with Crippen molar-refractivity contribution < 1.29 is 19.7 Å². The highest BCUT2D eigenvalue weighted by atomic mass is 16.5.